The van der Waals surface area contributed by atoms with Crippen LogP contribution in [0.15, 0.2) is 30.3 Å². The quantitative estimate of drug-likeness (QED) is 0.646. The zero-order valence-electron chi connectivity index (χ0n) is 9.57. The number of nitrogens with one attached hydrogen (secondary N) is 1. The highest BCUT2D eigenvalue weighted by Crippen LogP contribution is 2.11. The lowest BCUT2D eigenvalue weighted by Gasteiger charge is -2.03. The first-order valence-electron chi connectivity index (χ1n) is 5.23. The molecule has 1 N–H and O–H groups in total. The van der Waals surface area contributed by atoms with E-state index >= 15 is 0 Å². The Labute approximate surface area is 105 Å². The summed E-state index contributed by atoms with van der Waals surface area (Å²) in [6, 6.07) is 7.30. The summed E-state index contributed by atoms with van der Waals surface area (Å²) >= 11 is 5.52. The van der Waals surface area contributed by atoms with Crippen LogP contribution in [0.2, 0.25) is 0 Å². The van der Waals surface area contributed by atoms with E-state index in [-0.39, 0.29) is 18.1 Å². The summed E-state index contributed by atoms with van der Waals surface area (Å²) in [7, 11) is 0. The van der Waals surface area contributed by atoms with Gasteiger partial charge in [-0.2, -0.15) is 0 Å². The van der Waals surface area contributed by atoms with Crippen LogP contribution in [0.4, 0.5) is 5.69 Å². The van der Waals surface area contributed by atoms with Crippen molar-refractivity contribution in [3.05, 3.63) is 35.9 Å². The largest absolute Gasteiger partial charge is 0.326 e. The fourth-order valence-electron chi connectivity index (χ4n) is 1.29. The molecule has 0 aliphatic heterocycles. The molecule has 0 bridgehead atoms. The number of hydrogen-bond acceptors (Lipinski definition) is 2. The van der Waals surface area contributed by atoms with Gasteiger partial charge in [-0.3, -0.25) is 9.59 Å². The molecule has 1 aromatic rings. The molecule has 0 saturated heterocycles. The smallest absolute Gasteiger partial charge is 0.231 e. The van der Waals surface area contributed by atoms with Crippen LogP contribution in [0, 0.1) is 0 Å². The minimum absolute atomic E-state index is 0.0894. The molecule has 0 spiro atoms. The van der Waals surface area contributed by atoms with Crippen molar-refractivity contribution in [1.82, 2.24) is 0 Å². The molecule has 0 radical (unpaired) electrons. The minimum atomic E-state index is -0.290. The monoisotopic (exact) mass is 251 g/mol. The molecule has 90 valence electrons. The number of rotatable bonds is 5. The lowest BCUT2D eigenvalue weighted by atomic mass is 10.2. The van der Waals surface area contributed by atoms with Gasteiger partial charge in [-0.05, 0) is 24.6 Å². The molecule has 17 heavy (non-hydrogen) atoms. The van der Waals surface area contributed by atoms with Gasteiger partial charge in [0, 0.05) is 11.6 Å². The van der Waals surface area contributed by atoms with Gasteiger partial charge in [-0.25, -0.2) is 0 Å². The number of allylic oxidation sites excluding steroid dienone is 1. The Bertz CT molecular complexity index is 424. The molecule has 1 aromatic carbocycles. The van der Waals surface area contributed by atoms with Crippen molar-refractivity contribution in [2.24, 2.45) is 0 Å². The maximum absolute atomic E-state index is 11.3. The van der Waals surface area contributed by atoms with E-state index in [2.05, 4.69) is 5.32 Å². The van der Waals surface area contributed by atoms with Crippen molar-refractivity contribution < 1.29 is 9.59 Å². The Morgan fingerprint density at radius 2 is 1.94 bits per heavy atom. The van der Waals surface area contributed by atoms with Crippen LogP contribution in [0.25, 0.3) is 6.08 Å². The average Bonchev–Trinajstić information content (AvgIpc) is 2.27. The van der Waals surface area contributed by atoms with Crippen LogP contribution in [-0.4, -0.2) is 17.6 Å². The molecule has 0 aliphatic rings. The van der Waals surface area contributed by atoms with E-state index in [1.807, 2.05) is 24.3 Å². The molecule has 0 fully saturated rings. The SMILES string of the molecule is CC(=O)CC(=O)Nc1ccc(C=CCCl)cc1. The summed E-state index contributed by atoms with van der Waals surface area (Å²) in [5.74, 6) is 0.0302. The Kier molecular flexibility index (Phi) is 5.43. The molecular formula is C13H14ClNO2. The third-order valence-corrected chi connectivity index (χ3v) is 2.18. The van der Waals surface area contributed by atoms with Crippen LogP contribution in [0.3, 0.4) is 0 Å². The minimum Gasteiger partial charge on any atom is -0.326 e. The number of Topliss-reactive ketones (excluding diaryl/α,β-unsaturated/α-hetero) is 1. The summed E-state index contributed by atoms with van der Waals surface area (Å²) < 4.78 is 0. The molecule has 4 heteroatoms. The van der Waals surface area contributed by atoms with Crippen molar-refractivity contribution in [3.8, 4) is 0 Å². The standard InChI is InChI=1S/C13H14ClNO2/c1-10(16)9-13(17)15-12-6-4-11(5-7-12)3-2-8-14/h2-7H,8-9H2,1H3,(H,15,17). The van der Waals surface area contributed by atoms with E-state index in [9.17, 15) is 9.59 Å². The number of amides is 1. The van der Waals surface area contributed by atoms with Crippen LogP contribution < -0.4 is 5.32 Å². The molecule has 0 unspecified atom stereocenters. The predicted molar refractivity (Wildman–Crippen MR) is 70.1 cm³/mol. The summed E-state index contributed by atoms with van der Waals surface area (Å²) in [4.78, 5) is 22.1. The fourth-order valence-corrected chi connectivity index (χ4v) is 1.38. The van der Waals surface area contributed by atoms with Crippen molar-refractivity contribution in [1.29, 1.82) is 0 Å². The lowest BCUT2D eigenvalue weighted by Crippen LogP contribution is -2.14. The second-order valence-electron chi connectivity index (χ2n) is 3.61. The highest BCUT2D eigenvalue weighted by molar-refractivity contribution is 6.19. The number of ketones is 1. The van der Waals surface area contributed by atoms with Crippen LogP contribution >= 0.6 is 11.6 Å². The normalized spacial score (nSPS) is 10.5. The number of hydrogen-bond donors (Lipinski definition) is 1. The first-order valence-corrected chi connectivity index (χ1v) is 5.77. The fraction of sp³-hybridized carbons (Fsp3) is 0.231. The van der Waals surface area contributed by atoms with Crippen molar-refractivity contribution in [3.63, 3.8) is 0 Å². The number of halogens is 1. The second-order valence-corrected chi connectivity index (χ2v) is 3.91. The van der Waals surface area contributed by atoms with Gasteiger partial charge < -0.3 is 5.32 Å². The van der Waals surface area contributed by atoms with Gasteiger partial charge in [0.15, 0.2) is 0 Å². The third-order valence-electron chi connectivity index (χ3n) is 2.00. The molecular weight excluding hydrogens is 238 g/mol. The van der Waals surface area contributed by atoms with E-state index in [0.717, 1.165) is 5.56 Å². The molecule has 0 heterocycles. The van der Waals surface area contributed by atoms with Crippen LogP contribution in [-0.2, 0) is 9.59 Å². The number of carbonyl (C=O) groups is 2. The molecule has 0 saturated carbocycles. The maximum Gasteiger partial charge on any atom is 0.231 e. The van der Waals surface area contributed by atoms with Gasteiger partial charge in [-0.15, -0.1) is 11.6 Å². The maximum atomic E-state index is 11.3. The Hall–Kier alpha value is -1.61. The summed E-state index contributed by atoms with van der Waals surface area (Å²) in [5.41, 5.74) is 1.69. The van der Waals surface area contributed by atoms with Gasteiger partial charge in [0.2, 0.25) is 5.91 Å². The highest BCUT2D eigenvalue weighted by atomic mass is 35.5. The summed E-state index contributed by atoms with van der Waals surface area (Å²) in [5, 5.41) is 2.65. The van der Waals surface area contributed by atoms with Gasteiger partial charge in [-0.1, -0.05) is 24.3 Å². The third kappa shape index (κ3) is 5.31. The number of anilines is 1. The van der Waals surface area contributed by atoms with Gasteiger partial charge in [0.1, 0.15) is 5.78 Å². The van der Waals surface area contributed by atoms with Gasteiger partial charge >= 0.3 is 0 Å². The van der Waals surface area contributed by atoms with E-state index in [1.54, 1.807) is 12.1 Å². The first-order chi connectivity index (χ1) is 8.11. The molecule has 1 amide bonds. The Morgan fingerprint density at radius 3 is 2.47 bits per heavy atom. The molecule has 0 atom stereocenters. The predicted octanol–water partition coefficient (Wildman–Crippen LogP) is 2.86. The van der Waals surface area contributed by atoms with Gasteiger partial charge in [0.05, 0.1) is 6.42 Å². The second kappa shape index (κ2) is 6.86. The van der Waals surface area contributed by atoms with E-state index in [1.165, 1.54) is 6.92 Å². The number of benzene rings is 1. The molecule has 3 nitrogen and oxygen atoms in total. The van der Waals surface area contributed by atoms with Crippen molar-refractivity contribution in [2.45, 2.75) is 13.3 Å². The zero-order valence-corrected chi connectivity index (χ0v) is 10.3. The lowest BCUT2D eigenvalue weighted by molar-refractivity contribution is -0.124. The molecule has 0 aliphatic carbocycles. The first kappa shape index (κ1) is 13.5. The number of carbonyl (C=O) groups excluding carboxylic acids is 2. The summed E-state index contributed by atoms with van der Waals surface area (Å²) in [6.45, 7) is 1.39. The average molecular weight is 252 g/mol. The van der Waals surface area contributed by atoms with E-state index in [4.69, 9.17) is 11.6 Å². The van der Waals surface area contributed by atoms with Crippen LogP contribution in [0.1, 0.15) is 18.9 Å². The Balaban J connectivity index is 2.59. The van der Waals surface area contributed by atoms with E-state index in [0.29, 0.717) is 11.6 Å². The summed E-state index contributed by atoms with van der Waals surface area (Å²) in [6.07, 6.45) is 3.65. The Morgan fingerprint density at radius 1 is 1.29 bits per heavy atom. The molecule has 1 rings (SSSR count). The van der Waals surface area contributed by atoms with Gasteiger partial charge in [0.25, 0.3) is 0 Å². The van der Waals surface area contributed by atoms with E-state index < -0.39 is 0 Å². The van der Waals surface area contributed by atoms with Crippen LogP contribution in [0.5, 0.6) is 0 Å². The zero-order chi connectivity index (χ0) is 12.7. The molecule has 0 aromatic heterocycles. The van der Waals surface area contributed by atoms with Crippen molar-refractivity contribution in [2.75, 3.05) is 11.2 Å². The topological polar surface area (TPSA) is 46.2 Å². The van der Waals surface area contributed by atoms with Crippen molar-refractivity contribution >= 4 is 35.1 Å². The highest BCUT2D eigenvalue weighted by Gasteiger charge is 2.04. The number of alkyl halides is 1.